The Morgan fingerprint density at radius 1 is 1.22 bits per heavy atom. The Morgan fingerprint density at radius 3 is 2.35 bits per heavy atom. The Kier molecular flexibility index (Phi) is 6.21. The third kappa shape index (κ3) is 6.60. The first kappa shape index (κ1) is 19.5. The van der Waals surface area contributed by atoms with E-state index in [1.165, 1.54) is 6.07 Å². The number of hydrogen-bond donors (Lipinski definition) is 1. The summed E-state index contributed by atoms with van der Waals surface area (Å²) in [5.74, 6) is -1.87. The quantitative estimate of drug-likeness (QED) is 0.857. The van der Waals surface area contributed by atoms with Gasteiger partial charge >= 0.3 is 6.18 Å². The molecule has 0 fully saturated rings. The van der Waals surface area contributed by atoms with Gasteiger partial charge in [-0.2, -0.15) is 13.2 Å². The van der Waals surface area contributed by atoms with Gasteiger partial charge in [-0.1, -0.05) is 32.0 Å². The highest BCUT2D eigenvalue weighted by atomic mass is 32.2. The molecule has 23 heavy (non-hydrogen) atoms. The minimum atomic E-state index is -4.54. The summed E-state index contributed by atoms with van der Waals surface area (Å²) in [6.07, 6.45) is -4.54. The first-order valence-electron chi connectivity index (χ1n) is 7.06. The second-order valence-electron chi connectivity index (χ2n) is 5.83. The number of hydrogen-bond acceptors (Lipinski definition) is 3. The number of halogens is 3. The molecule has 4 nitrogen and oxygen atoms in total. The van der Waals surface area contributed by atoms with Crippen molar-refractivity contribution < 1.29 is 26.4 Å². The summed E-state index contributed by atoms with van der Waals surface area (Å²) in [6.45, 7) is 5.51. The molecule has 1 unspecified atom stereocenters. The number of carbonyl (C=O) groups excluding carboxylic acids is 1. The lowest BCUT2D eigenvalue weighted by molar-refractivity contribution is -0.137. The average Bonchev–Trinajstić information content (AvgIpc) is 2.36. The Balaban J connectivity index is 2.78. The van der Waals surface area contributed by atoms with Gasteiger partial charge in [0.15, 0.2) is 9.84 Å². The molecule has 0 spiro atoms. The highest BCUT2D eigenvalue weighted by Crippen LogP contribution is 2.29. The van der Waals surface area contributed by atoms with Crippen molar-refractivity contribution in [2.24, 2.45) is 5.92 Å². The van der Waals surface area contributed by atoms with Crippen LogP contribution in [-0.2, 0) is 26.6 Å². The van der Waals surface area contributed by atoms with Crippen LogP contribution in [0, 0.1) is 5.92 Å². The van der Waals surface area contributed by atoms with Crippen LogP contribution in [0.5, 0.6) is 0 Å². The van der Waals surface area contributed by atoms with E-state index < -0.39 is 39.0 Å². The molecular weight excluding hydrogens is 331 g/mol. The van der Waals surface area contributed by atoms with Crippen LogP contribution < -0.4 is 5.32 Å². The van der Waals surface area contributed by atoms with Crippen LogP contribution in [0.3, 0.4) is 0 Å². The summed E-state index contributed by atoms with van der Waals surface area (Å²) in [5.41, 5.74) is -0.910. The molecule has 1 amide bonds. The molecule has 0 aliphatic rings. The molecule has 0 aliphatic heterocycles. The summed E-state index contributed by atoms with van der Waals surface area (Å²) >= 11 is 0. The Morgan fingerprint density at radius 2 is 1.83 bits per heavy atom. The maximum Gasteiger partial charge on any atom is 0.416 e. The Labute approximate surface area is 134 Å². The van der Waals surface area contributed by atoms with Crippen LogP contribution in [0.4, 0.5) is 13.2 Å². The van der Waals surface area contributed by atoms with Gasteiger partial charge in [0.1, 0.15) is 5.75 Å². The fourth-order valence-corrected chi connectivity index (χ4v) is 3.08. The monoisotopic (exact) mass is 351 g/mol. The van der Waals surface area contributed by atoms with Crippen LogP contribution in [0.1, 0.15) is 31.9 Å². The molecule has 1 rings (SSSR count). The van der Waals surface area contributed by atoms with Crippen LogP contribution in [0.25, 0.3) is 0 Å². The first-order chi connectivity index (χ1) is 10.4. The highest BCUT2D eigenvalue weighted by molar-refractivity contribution is 7.91. The number of carbonyl (C=O) groups is 1. The van der Waals surface area contributed by atoms with Crippen molar-refractivity contribution in [2.75, 3.05) is 5.75 Å². The SMILES string of the molecule is CC(C)C(C)NC(=O)CS(=O)(=O)Cc1cccc(C(F)(F)F)c1. The van der Waals surface area contributed by atoms with Gasteiger partial charge < -0.3 is 5.32 Å². The molecule has 1 aromatic rings. The minimum Gasteiger partial charge on any atom is -0.353 e. The van der Waals surface area contributed by atoms with E-state index in [9.17, 15) is 26.4 Å². The van der Waals surface area contributed by atoms with E-state index in [0.29, 0.717) is 0 Å². The second-order valence-corrected chi connectivity index (χ2v) is 7.90. The number of nitrogens with one attached hydrogen (secondary N) is 1. The normalized spacial score (nSPS) is 13.9. The predicted molar refractivity (Wildman–Crippen MR) is 81.4 cm³/mol. The smallest absolute Gasteiger partial charge is 0.353 e. The summed E-state index contributed by atoms with van der Waals surface area (Å²) in [5, 5.41) is 2.56. The Bertz CT molecular complexity index is 654. The zero-order valence-electron chi connectivity index (χ0n) is 13.1. The fraction of sp³-hybridized carbons (Fsp3) is 0.533. The summed E-state index contributed by atoms with van der Waals surface area (Å²) < 4.78 is 61.8. The van der Waals surface area contributed by atoms with Gasteiger partial charge in [-0.25, -0.2) is 8.42 Å². The largest absolute Gasteiger partial charge is 0.416 e. The molecule has 8 heteroatoms. The average molecular weight is 351 g/mol. The van der Waals surface area contributed by atoms with Crippen LogP contribution in [-0.4, -0.2) is 26.1 Å². The van der Waals surface area contributed by atoms with Gasteiger partial charge in [0.2, 0.25) is 5.91 Å². The van der Waals surface area contributed by atoms with E-state index in [2.05, 4.69) is 5.32 Å². The van der Waals surface area contributed by atoms with Crippen molar-refractivity contribution in [2.45, 2.75) is 38.7 Å². The fourth-order valence-electron chi connectivity index (χ4n) is 1.80. The van der Waals surface area contributed by atoms with Crippen molar-refractivity contribution >= 4 is 15.7 Å². The van der Waals surface area contributed by atoms with Crippen molar-refractivity contribution in [1.29, 1.82) is 0 Å². The molecule has 1 N–H and O–H groups in total. The number of rotatable bonds is 6. The topological polar surface area (TPSA) is 63.2 Å². The van der Waals surface area contributed by atoms with Crippen LogP contribution in [0.15, 0.2) is 24.3 Å². The molecule has 0 saturated heterocycles. The molecule has 0 aliphatic carbocycles. The lowest BCUT2D eigenvalue weighted by atomic mass is 10.1. The third-order valence-corrected chi connectivity index (χ3v) is 4.86. The van der Waals surface area contributed by atoms with Crippen LogP contribution >= 0.6 is 0 Å². The molecular formula is C15H20F3NO3S. The summed E-state index contributed by atoms with van der Waals surface area (Å²) in [7, 11) is -3.85. The van der Waals surface area contributed by atoms with E-state index in [1.54, 1.807) is 6.92 Å². The van der Waals surface area contributed by atoms with Crippen molar-refractivity contribution in [1.82, 2.24) is 5.32 Å². The maximum absolute atomic E-state index is 12.6. The predicted octanol–water partition coefficient (Wildman–Crippen LogP) is 2.78. The molecule has 0 saturated carbocycles. The number of alkyl halides is 3. The molecule has 0 bridgehead atoms. The molecule has 130 valence electrons. The van der Waals surface area contributed by atoms with Crippen molar-refractivity contribution in [3.8, 4) is 0 Å². The Hall–Kier alpha value is -1.57. The van der Waals surface area contributed by atoms with Crippen molar-refractivity contribution in [3.05, 3.63) is 35.4 Å². The van der Waals surface area contributed by atoms with E-state index in [-0.39, 0.29) is 17.5 Å². The standard InChI is InChI=1S/C15H20F3NO3S/c1-10(2)11(3)19-14(20)9-23(21,22)8-12-5-4-6-13(7-12)15(16,17)18/h4-7,10-11H,8-9H2,1-3H3,(H,19,20). The molecule has 1 aromatic carbocycles. The number of sulfone groups is 1. The van der Waals surface area contributed by atoms with E-state index >= 15 is 0 Å². The van der Waals surface area contributed by atoms with E-state index in [0.717, 1.165) is 18.2 Å². The lowest BCUT2D eigenvalue weighted by Gasteiger charge is -2.17. The molecule has 0 aromatic heterocycles. The summed E-state index contributed by atoms with van der Waals surface area (Å²) in [6, 6.07) is 3.90. The molecule has 0 radical (unpaired) electrons. The van der Waals surface area contributed by atoms with Gasteiger partial charge in [-0.15, -0.1) is 0 Å². The third-order valence-electron chi connectivity index (χ3n) is 3.38. The van der Waals surface area contributed by atoms with Gasteiger partial charge in [-0.3, -0.25) is 4.79 Å². The number of benzene rings is 1. The molecule has 0 heterocycles. The lowest BCUT2D eigenvalue weighted by Crippen LogP contribution is -2.39. The van der Waals surface area contributed by atoms with E-state index in [4.69, 9.17) is 0 Å². The first-order valence-corrected chi connectivity index (χ1v) is 8.89. The van der Waals surface area contributed by atoms with Gasteiger partial charge in [0, 0.05) is 6.04 Å². The minimum absolute atomic E-state index is 0.00420. The highest BCUT2D eigenvalue weighted by Gasteiger charge is 2.30. The van der Waals surface area contributed by atoms with Gasteiger partial charge in [0.05, 0.1) is 11.3 Å². The second kappa shape index (κ2) is 7.33. The number of amides is 1. The van der Waals surface area contributed by atoms with Crippen LogP contribution in [0.2, 0.25) is 0 Å². The summed E-state index contributed by atoms with van der Waals surface area (Å²) in [4.78, 5) is 11.7. The van der Waals surface area contributed by atoms with Gasteiger partial charge in [0.25, 0.3) is 0 Å². The molecule has 1 atom stereocenters. The van der Waals surface area contributed by atoms with E-state index in [1.807, 2.05) is 13.8 Å². The maximum atomic E-state index is 12.6. The zero-order valence-corrected chi connectivity index (χ0v) is 14.0. The van der Waals surface area contributed by atoms with Crippen molar-refractivity contribution in [3.63, 3.8) is 0 Å². The van der Waals surface area contributed by atoms with Gasteiger partial charge in [-0.05, 0) is 24.5 Å². The zero-order chi connectivity index (χ0) is 17.8.